The van der Waals surface area contributed by atoms with Crippen LogP contribution >= 0.6 is 34.8 Å². The van der Waals surface area contributed by atoms with Gasteiger partial charge < -0.3 is 26.3 Å². The number of hydrogen-bond acceptors (Lipinski definition) is 6. The maximum Gasteiger partial charge on any atom is 0.405 e. The molecule has 1 fully saturated rings. The van der Waals surface area contributed by atoms with E-state index in [9.17, 15) is 9.59 Å². The van der Waals surface area contributed by atoms with E-state index in [2.05, 4.69) is 10.2 Å². The number of ether oxygens (including phenoxy) is 2. The van der Waals surface area contributed by atoms with Crippen molar-refractivity contribution in [3.63, 3.8) is 0 Å². The molecule has 3 rings (SSSR count). The number of methoxy groups -OCH3 is 1. The Bertz CT molecular complexity index is 1050. The van der Waals surface area contributed by atoms with Crippen molar-refractivity contribution in [2.45, 2.75) is 18.9 Å². The molecule has 11 heteroatoms. The van der Waals surface area contributed by atoms with E-state index in [-0.39, 0.29) is 5.91 Å². The molecule has 2 aromatic rings. The lowest BCUT2D eigenvalue weighted by molar-refractivity contribution is 0.0633. The molecule has 0 saturated carbocycles. The summed E-state index contributed by atoms with van der Waals surface area (Å²) >= 11 is 18.4. The topological polar surface area (TPSA) is 120 Å². The first kappa shape index (κ1) is 26.2. The van der Waals surface area contributed by atoms with Crippen LogP contribution in [-0.2, 0) is 4.74 Å². The summed E-state index contributed by atoms with van der Waals surface area (Å²) in [5, 5.41) is 4.16. The van der Waals surface area contributed by atoms with Crippen LogP contribution in [0.25, 0.3) is 0 Å². The van der Waals surface area contributed by atoms with Gasteiger partial charge in [-0.05, 0) is 50.0 Å². The molecule has 1 heterocycles. The number of nitrogens with one attached hydrogen (secondary N) is 1. The highest BCUT2D eigenvalue weighted by molar-refractivity contribution is 6.35. The van der Waals surface area contributed by atoms with Gasteiger partial charge in [-0.1, -0.05) is 40.9 Å². The van der Waals surface area contributed by atoms with E-state index in [1.807, 2.05) is 0 Å². The van der Waals surface area contributed by atoms with Crippen LogP contribution in [0.15, 0.2) is 30.3 Å². The Morgan fingerprint density at radius 2 is 1.85 bits per heavy atom. The van der Waals surface area contributed by atoms with E-state index in [4.69, 9.17) is 55.7 Å². The Kier molecular flexibility index (Phi) is 9.13. The third kappa shape index (κ3) is 6.82. The van der Waals surface area contributed by atoms with Crippen LogP contribution in [0.3, 0.4) is 0 Å². The molecule has 5 N–H and O–H groups in total. The number of nitrogens with zero attached hydrogens (tertiary/aromatic N) is 1. The normalized spacial score (nSPS) is 15.5. The van der Waals surface area contributed by atoms with E-state index in [0.717, 1.165) is 25.9 Å². The number of nitrogen functional groups attached to an aromatic ring is 1. The summed E-state index contributed by atoms with van der Waals surface area (Å²) in [6.45, 7) is 2.50. The van der Waals surface area contributed by atoms with Gasteiger partial charge in [0, 0.05) is 34.8 Å². The molecule has 34 heavy (non-hydrogen) atoms. The molecule has 2 aromatic carbocycles. The maximum atomic E-state index is 12.7. The molecule has 0 aromatic heterocycles. The number of nitrogens with two attached hydrogens (primary N) is 2. The third-order valence-electron chi connectivity index (χ3n) is 5.81. The van der Waals surface area contributed by atoms with Gasteiger partial charge in [0.15, 0.2) is 0 Å². The first-order valence-electron chi connectivity index (χ1n) is 10.7. The second-order valence-electron chi connectivity index (χ2n) is 8.12. The molecule has 2 amide bonds. The predicted octanol–water partition coefficient (Wildman–Crippen LogP) is 4.52. The van der Waals surface area contributed by atoms with Gasteiger partial charge in [0.05, 0.1) is 23.4 Å². The Hall–Kier alpha value is -2.39. The highest BCUT2D eigenvalue weighted by Gasteiger charge is 2.26. The molecule has 0 bridgehead atoms. The number of rotatable bonds is 8. The minimum absolute atomic E-state index is 0.270. The van der Waals surface area contributed by atoms with Gasteiger partial charge in [0.25, 0.3) is 5.91 Å². The number of anilines is 1. The zero-order valence-electron chi connectivity index (χ0n) is 18.7. The first-order chi connectivity index (χ1) is 16.2. The van der Waals surface area contributed by atoms with Crippen molar-refractivity contribution in [2.75, 3.05) is 39.0 Å². The molecular formula is C23H27Cl3N4O4. The second-order valence-corrected chi connectivity index (χ2v) is 9.37. The van der Waals surface area contributed by atoms with Crippen molar-refractivity contribution in [2.24, 2.45) is 11.7 Å². The SMILES string of the molecule is COc1cc(N)c(Cl)cc1C(=O)NCC1CCN(CC(OC(N)=O)c2ccc(Cl)cc2Cl)CC1. The van der Waals surface area contributed by atoms with Gasteiger partial charge >= 0.3 is 6.09 Å². The van der Waals surface area contributed by atoms with Gasteiger partial charge in [-0.25, -0.2) is 4.79 Å². The summed E-state index contributed by atoms with van der Waals surface area (Å²) in [7, 11) is 1.47. The smallest absolute Gasteiger partial charge is 0.405 e. The number of carbonyl (C=O) groups excluding carboxylic acids is 2. The van der Waals surface area contributed by atoms with Gasteiger partial charge in [-0.15, -0.1) is 0 Å². The van der Waals surface area contributed by atoms with Gasteiger partial charge in [-0.3, -0.25) is 9.69 Å². The predicted molar refractivity (Wildman–Crippen MR) is 134 cm³/mol. The minimum Gasteiger partial charge on any atom is -0.496 e. The minimum atomic E-state index is -0.869. The molecule has 8 nitrogen and oxygen atoms in total. The van der Waals surface area contributed by atoms with Crippen molar-refractivity contribution in [3.05, 3.63) is 56.5 Å². The molecule has 0 aliphatic carbocycles. The van der Waals surface area contributed by atoms with Crippen LogP contribution in [0.5, 0.6) is 5.75 Å². The molecule has 0 radical (unpaired) electrons. The lowest BCUT2D eigenvalue weighted by Crippen LogP contribution is -2.41. The average Bonchev–Trinajstić information content (AvgIpc) is 2.79. The van der Waals surface area contributed by atoms with Crippen LogP contribution in [0.2, 0.25) is 15.1 Å². The molecular weight excluding hydrogens is 503 g/mol. The van der Waals surface area contributed by atoms with Crippen molar-refractivity contribution in [1.82, 2.24) is 10.2 Å². The zero-order chi connectivity index (χ0) is 24.8. The Morgan fingerprint density at radius 1 is 1.15 bits per heavy atom. The summed E-state index contributed by atoms with van der Waals surface area (Å²) in [5.74, 6) is 0.397. The molecule has 1 aliphatic heterocycles. The number of halogens is 3. The highest BCUT2D eigenvalue weighted by Crippen LogP contribution is 2.31. The van der Waals surface area contributed by atoms with E-state index >= 15 is 0 Å². The fourth-order valence-corrected chi connectivity index (χ4v) is 4.65. The van der Waals surface area contributed by atoms with Crippen molar-refractivity contribution < 1.29 is 19.1 Å². The number of benzene rings is 2. The van der Waals surface area contributed by atoms with Gasteiger partial charge in [-0.2, -0.15) is 0 Å². The summed E-state index contributed by atoms with van der Waals surface area (Å²) in [6, 6.07) is 8.08. The van der Waals surface area contributed by atoms with Gasteiger partial charge in [0.2, 0.25) is 0 Å². The number of piperidine rings is 1. The van der Waals surface area contributed by atoms with E-state index < -0.39 is 12.2 Å². The number of likely N-dealkylation sites (tertiary alicyclic amines) is 1. The van der Waals surface area contributed by atoms with Crippen molar-refractivity contribution in [3.8, 4) is 5.75 Å². The standard InChI is InChI=1S/C23H27Cl3N4O4/c1-33-20-10-19(27)18(26)9-16(20)22(31)29-11-13-4-6-30(7-5-13)12-21(34-23(28)32)15-3-2-14(24)8-17(15)25/h2-3,8-10,13,21H,4-7,11-12,27H2,1H3,(H2,28,32)(H,29,31). The lowest BCUT2D eigenvalue weighted by atomic mass is 9.96. The zero-order valence-corrected chi connectivity index (χ0v) is 20.9. The molecule has 1 atom stereocenters. The van der Waals surface area contributed by atoms with Crippen molar-refractivity contribution >= 4 is 52.5 Å². The Morgan fingerprint density at radius 3 is 2.47 bits per heavy atom. The fourth-order valence-electron chi connectivity index (χ4n) is 3.96. The molecule has 1 saturated heterocycles. The van der Waals surface area contributed by atoms with E-state index in [0.29, 0.717) is 56.6 Å². The summed E-state index contributed by atoms with van der Waals surface area (Å²) in [4.78, 5) is 26.3. The average molecular weight is 530 g/mol. The van der Waals surface area contributed by atoms with Crippen LogP contribution in [0, 0.1) is 5.92 Å². The van der Waals surface area contributed by atoms with E-state index in [1.165, 1.54) is 19.2 Å². The molecule has 0 spiro atoms. The molecule has 1 aliphatic rings. The second kappa shape index (κ2) is 11.8. The van der Waals surface area contributed by atoms with Crippen LogP contribution in [0.4, 0.5) is 10.5 Å². The first-order valence-corrected chi connectivity index (χ1v) is 11.9. The van der Waals surface area contributed by atoms with Crippen LogP contribution in [0.1, 0.15) is 34.9 Å². The fraction of sp³-hybridized carbons (Fsp3) is 0.391. The maximum absolute atomic E-state index is 12.7. The van der Waals surface area contributed by atoms with Gasteiger partial charge in [0.1, 0.15) is 11.9 Å². The molecule has 184 valence electrons. The number of amides is 2. The summed E-state index contributed by atoms with van der Waals surface area (Å²) in [5.41, 5.74) is 12.4. The van der Waals surface area contributed by atoms with Crippen LogP contribution in [-0.4, -0.2) is 50.2 Å². The van der Waals surface area contributed by atoms with Crippen LogP contribution < -0.4 is 21.5 Å². The number of primary amides is 1. The monoisotopic (exact) mass is 528 g/mol. The molecule has 1 unspecified atom stereocenters. The van der Waals surface area contributed by atoms with Crippen molar-refractivity contribution in [1.29, 1.82) is 0 Å². The number of hydrogen-bond donors (Lipinski definition) is 3. The third-order valence-corrected chi connectivity index (χ3v) is 6.70. The number of carbonyl (C=O) groups is 2. The summed E-state index contributed by atoms with van der Waals surface area (Å²) in [6.07, 6.45) is 0.239. The Balaban J connectivity index is 1.55. The lowest BCUT2D eigenvalue weighted by Gasteiger charge is -2.34. The van der Waals surface area contributed by atoms with E-state index in [1.54, 1.807) is 18.2 Å². The Labute approximate surface area is 213 Å². The quantitative estimate of drug-likeness (QED) is 0.433. The summed E-state index contributed by atoms with van der Waals surface area (Å²) < 4.78 is 10.6. The largest absolute Gasteiger partial charge is 0.496 e. The highest BCUT2D eigenvalue weighted by atomic mass is 35.5.